The number of rotatable bonds is 4. The van der Waals surface area contributed by atoms with Gasteiger partial charge in [-0.2, -0.15) is 0 Å². The number of nitrogens with zero attached hydrogens (tertiary/aromatic N) is 1. The fraction of sp³-hybridized carbons (Fsp3) is 0.143. The Morgan fingerprint density at radius 1 is 1.18 bits per heavy atom. The molecule has 0 unspecified atom stereocenters. The molecule has 86 valence electrons. The summed E-state index contributed by atoms with van der Waals surface area (Å²) in [7, 11) is 0. The molecule has 0 saturated heterocycles. The Morgan fingerprint density at radius 3 is 2.65 bits per heavy atom. The topological polar surface area (TPSA) is 42.0 Å². The number of aromatic nitrogens is 1. The van der Waals surface area contributed by atoms with Crippen LogP contribution in [0.15, 0.2) is 48.7 Å². The molecule has 0 spiro atoms. The largest absolute Gasteiger partial charge is 0.379 e. The maximum Gasteiger partial charge on any atom is 0.161 e. The van der Waals surface area contributed by atoms with Crippen molar-refractivity contribution in [2.75, 3.05) is 5.32 Å². The lowest BCUT2D eigenvalue weighted by atomic mass is 10.1. The van der Waals surface area contributed by atoms with E-state index in [1.807, 2.05) is 42.5 Å². The highest BCUT2D eigenvalue weighted by molar-refractivity contribution is 5.99. The molecule has 0 aliphatic heterocycles. The van der Waals surface area contributed by atoms with Gasteiger partial charge in [0.05, 0.1) is 12.2 Å². The number of pyridine rings is 1. The van der Waals surface area contributed by atoms with Crippen molar-refractivity contribution >= 4 is 11.5 Å². The van der Waals surface area contributed by atoms with E-state index >= 15 is 0 Å². The van der Waals surface area contributed by atoms with Crippen LogP contribution in [0.25, 0.3) is 0 Å². The van der Waals surface area contributed by atoms with Crippen LogP contribution < -0.4 is 5.32 Å². The molecule has 1 aromatic carbocycles. The molecule has 17 heavy (non-hydrogen) atoms. The van der Waals surface area contributed by atoms with E-state index in [2.05, 4.69) is 10.3 Å². The maximum absolute atomic E-state index is 11.4. The van der Waals surface area contributed by atoms with Crippen molar-refractivity contribution in [1.82, 2.24) is 4.98 Å². The molecule has 0 radical (unpaired) electrons. The van der Waals surface area contributed by atoms with Crippen molar-refractivity contribution in [2.45, 2.75) is 13.5 Å². The zero-order chi connectivity index (χ0) is 12.1. The van der Waals surface area contributed by atoms with Crippen molar-refractivity contribution in [3.05, 3.63) is 59.9 Å². The predicted octanol–water partition coefficient (Wildman–Crippen LogP) is 2.90. The number of hydrogen-bond acceptors (Lipinski definition) is 3. The standard InChI is InChI=1S/C14H14N2O/c1-11(17)13-7-2-3-8-14(13)16-10-12-6-4-5-9-15-12/h2-9,16H,10H2,1H3. The van der Waals surface area contributed by atoms with E-state index in [1.54, 1.807) is 13.1 Å². The molecule has 1 aromatic heterocycles. The van der Waals surface area contributed by atoms with Gasteiger partial charge in [-0.1, -0.05) is 18.2 Å². The number of benzene rings is 1. The van der Waals surface area contributed by atoms with Crippen LogP contribution in [-0.2, 0) is 6.54 Å². The summed E-state index contributed by atoms with van der Waals surface area (Å²) in [5, 5.41) is 3.23. The van der Waals surface area contributed by atoms with Crippen molar-refractivity contribution in [2.24, 2.45) is 0 Å². The molecule has 3 heteroatoms. The average Bonchev–Trinajstić information content (AvgIpc) is 2.38. The molecule has 0 fully saturated rings. The third-order valence-electron chi connectivity index (χ3n) is 2.49. The van der Waals surface area contributed by atoms with Gasteiger partial charge in [-0.15, -0.1) is 0 Å². The van der Waals surface area contributed by atoms with Gasteiger partial charge < -0.3 is 5.32 Å². The van der Waals surface area contributed by atoms with Gasteiger partial charge in [0.25, 0.3) is 0 Å². The van der Waals surface area contributed by atoms with Crippen molar-refractivity contribution < 1.29 is 4.79 Å². The quantitative estimate of drug-likeness (QED) is 0.815. The molecule has 0 atom stereocenters. The van der Waals surface area contributed by atoms with Gasteiger partial charge in [-0.05, 0) is 31.2 Å². The van der Waals surface area contributed by atoms with Gasteiger partial charge in [-0.25, -0.2) is 0 Å². The van der Waals surface area contributed by atoms with E-state index in [9.17, 15) is 4.79 Å². The molecule has 2 rings (SSSR count). The van der Waals surface area contributed by atoms with Gasteiger partial charge in [0.15, 0.2) is 5.78 Å². The molecular formula is C14H14N2O. The highest BCUT2D eigenvalue weighted by Gasteiger charge is 2.05. The van der Waals surface area contributed by atoms with Crippen LogP contribution in [0.5, 0.6) is 0 Å². The van der Waals surface area contributed by atoms with Crippen molar-refractivity contribution in [1.29, 1.82) is 0 Å². The minimum absolute atomic E-state index is 0.0640. The van der Waals surface area contributed by atoms with E-state index in [0.717, 1.165) is 11.4 Å². The molecule has 0 aliphatic carbocycles. The first-order chi connectivity index (χ1) is 8.27. The normalized spacial score (nSPS) is 9.94. The smallest absolute Gasteiger partial charge is 0.161 e. The number of hydrogen-bond donors (Lipinski definition) is 1. The zero-order valence-electron chi connectivity index (χ0n) is 9.68. The summed E-state index contributed by atoms with van der Waals surface area (Å²) >= 11 is 0. The second-order valence-corrected chi connectivity index (χ2v) is 3.78. The summed E-state index contributed by atoms with van der Waals surface area (Å²) in [4.78, 5) is 15.6. The van der Waals surface area contributed by atoms with Gasteiger partial charge in [0.2, 0.25) is 0 Å². The summed E-state index contributed by atoms with van der Waals surface area (Å²) in [5.74, 6) is 0.0640. The number of carbonyl (C=O) groups excluding carboxylic acids is 1. The van der Waals surface area contributed by atoms with Crippen LogP contribution in [0.3, 0.4) is 0 Å². The van der Waals surface area contributed by atoms with Crippen LogP contribution in [0.1, 0.15) is 23.0 Å². The van der Waals surface area contributed by atoms with Crippen LogP contribution in [0, 0.1) is 0 Å². The second kappa shape index (κ2) is 5.25. The molecule has 3 nitrogen and oxygen atoms in total. The first-order valence-electron chi connectivity index (χ1n) is 5.51. The predicted molar refractivity (Wildman–Crippen MR) is 68.0 cm³/mol. The average molecular weight is 226 g/mol. The molecule has 1 N–H and O–H groups in total. The van der Waals surface area contributed by atoms with Gasteiger partial charge in [0, 0.05) is 17.4 Å². The number of carbonyl (C=O) groups is 1. The van der Waals surface area contributed by atoms with Crippen molar-refractivity contribution in [3.8, 4) is 0 Å². The molecule has 1 heterocycles. The monoisotopic (exact) mass is 226 g/mol. The molecule has 0 aliphatic rings. The number of nitrogens with one attached hydrogen (secondary N) is 1. The molecular weight excluding hydrogens is 212 g/mol. The minimum atomic E-state index is 0.0640. The highest BCUT2D eigenvalue weighted by Crippen LogP contribution is 2.16. The lowest BCUT2D eigenvalue weighted by Crippen LogP contribution is -2.05. The maximum atomic E-state index is 11.4. The van der Waals surface area contributed by atoms with E-state index in [1.165, 1.54) is 0 Å². The van der Waals surface area contributed by atoms with Crippen LogP contribution in [-0.4, -0.2) is 10.8 Å². The van der Waals surface area contributed by atoms with E-state index in [4.69, 9.17) is 0 Å². The zero-order valence-corrected chi connectivity index (χ0v) is 9.68. The van der Waals surface area contributed by atoms with Crippen molar-refractivity contribution in [3.63, 3.8) is 0 Å². The Morgan fingerprint density at radius 2 is 1.94 bits per heavy atom. The van der Waals surface area contributed by atoms with Crippen LogP contribution in [0.4, 0.5) is 5.69 Å². The Hall–Kier alpha value is -2.16. The SMILES string of the molecule is CC(=O)c1ccccc1NCc1ccccn1. The minimum Gasteiger partial charge on any atom is -0.379 e. The van der Waals surface area contributed by atoms with E-state index < -0.39 is 0 Å². The Labute approximate surface area is 101 Å². The number of anilines is 1. The third-order valence-corrected chi connectivity index (χ3v) is 2.49. The fourth-order valence-electron chi connectivity index (χ4n) is 1.63. The van der Waals surface area contributed by atoms with Gasteiger partial charge in [0.1, 0.15) is 0 Å². The summed E-state index contributed by atoms with van der Waals surface area (Å²) in [6.45, 7) is 2.19. The Balaban J connectivity index is 2.12. The molecule has 0 bridgehead atoms. The number of para-hydroxylation sites is 1. The Bertz CT molecular complexity index is 509. The van der Waals surface area contributed by atoms with E-state index in [-0.39, 0.29) is 5.78 Å². The Kier molecular flexibility index (Phi) is 3.50. The summed E-state index contributed by atoms with van der Waals surface area (Å²) in [6, 6.07) is 13.3. The lowest BCUT2D eigenvalue weighted by Gasteiger charge is -2.09. The first kappa shape index (κ1) is 11.3. The van der Waals surface area contributed by atoms with Crippen LogP contribution >= 0.6 is 0 Å². The lowest BCUT2D eigenvalue weighted by molar-refractivity contribution is 0.101. The highest BCUT2D eigenvalue weighted by atomic mass is 16.1. The molecule has 0 saturated carbocycles. The summed E-state index contributed by atoms with van der Waals surface area (Å²) in [5.41, 5.74) is 2.51. The number of Topliss-reactive ketones (excluding diaryl/α,β-unsaturated/α-hetero) is 1. The summed E-state index contributed by atoms with van der Waals surface area (Å²) < 4.78 is 0. The summed E-state index contributed by atoms with van der Waals surface area (Å²) in [6.07, 6.45) is 1.76. The van der Waals surface area contributed by atoms with Crippen LogP contribution in [0.2, 0.25) is 0 Å². The molecule has 0 amide bonds. The van der Waals surface area contributed by atoms with E-state index in [0.29, 0.717) is 12.1 Å². The van der Waals surface area contributed by atoms with Gasteiger partial charge >= 0.3 is 0 Å². The number of ketones is 1. The van der Waals surface area contributed by atoms with Gasteiger partial charge in [-0.3, -0.25) is 9.78 Å². The second-order valence-electron chi connectivity index (χ2n) is 3.78. The third kappa shape index (κ3) is 2.91. The fourth-order valence-corrected chi connectivity index (χ4v) is 1.63. The molecule has 2 aromatic rings. The first-order valence-corrected chi connectivity index (χ1v) is 5.51.